The number of nitrogens with two attached hydrogens (primary N) is 1. The van der Waals surface area contributed by atoms with Crippen molar-refractivity contribution in [3.8, 4) is 5.69 Å². The second-order valence-electron chi connectivity index (χ2n) is 10.1. The largest absolute Gasteiger partial charge is 0.452 e. The number of ketones is 1. The van der Waals surface area contributed by atoms with Crippen LogP contribution in [0.5, 0.6) is 0 Å². The molecule has 2 heterocycles. The van der Waals surface area contributed by atoms with E-state index in [-0.39, 0.29) is 11.8 Å². The topological polar surface area (TPSA) is 158 Å². The maximum absolute atomic E-state index is 13.6. The maximum atomic E-state index is 13.6. The predicted octanol–water partition coefficient (Wildman–Crippen LogP) is 1.91. The molecule has 3 rings (SSSR count). The highest BCUT2D eigenvalue weighted by molar-refractivity contribution is 6.12. The molecule has 206 valence electrons. The first-order chi connectivity index (χ1) is 17.9. The van der Waals surface area contributed by atoms with Gasteiger partial charge in [0, 0.05) is 0 Å². The summed E-state index contributed by atoms with van der Waals surface area (Å²) >= 11 is 0. The van der Waals surface area contributed by atoms with Crippen molar-refractivity contribution in [3.05, 3.63) is 46.3 Å². The highest BCUT2D eigenvalue weighted by Crippen LogP contribution is 2.28. The molecule has 1 aliphatic heterocycles. The van der Waals surface area contributed by atoms with Gasteiger partial charge in [-0.25, -0.2) is 9.59 Å². The number of amides is 3. The molecule has 3 atom stereocenters. The minimum absolute atomic E-state index is 0.300. The normalized spacial score (nSPS) is 17.4. The molecule has 1 fully saturated rings. The summed E-state index contributed by atoms with van der Waals surface area (Å²) in [6, 6.07) is 4.02. The lowest BCUT2D eigenvalue weighted by atomic mass is 9.96. The Bertz CT molecular complexity index is 1260. The van der Waals surface area contributed by atoms with E-state index in [4.69, 9.17) is 14.9 Å². The van der Waals surface area contributed by atoms with Gasteiger partial charge in [0.15, 0.2) is 0 Å². The molecule has 1 saturated heterocycles. The lowest BCUT2D eigenvalue weighted by Crippen LogP contribution is -2.58. The van der Waals surface area contributed by atoms with Gasteiger partial charge < -0.3 is 14.9 Å². The molecule has 1 aliphatic rings. The fourth-order valence-electron chi connectivity index (χ4n) is 4.61. The lowest BCUT2D eigenvalue weighted by molar-refractivity contribution is -0.146. The Kier molecular flexibility index (Phi) is 9.00. The molecular formula is C26H35N5O7. The minimum Gasteiger partial charge on any atom is -0.452 e. The van der Waals surface area contributed by atoms with E-state index in [1.807, 2.05) is 13.0 Å². The summed E-state index contributed by atoms with van der Waals surface area (Å²) in [5, 5.41) is 4.13. The van der Waals surface area contributed by atoms with Crippen LogP contribution in [0, 0.1) is 18.8 Å². The Hall–Kier alpha value is -3.64. The van der Waals surface area contributed by atoms with E-state index in [2.05, 4.69) is 5.10 Å². The first-order valence-corrected chi connectivity index (χ1v) is 12.6. The third-order valence-electron chi connectivity index (χ3n) is 6.64. The van der Waals surface area contributed by atoms with E-state index in [9.17, 15) is 24.0 Å². The fourth-order valence-corrected chi connectivity index (χ4v) is 4.61. The van der Waals surface area contributed by atoms with Gasteiger partial charge in [0.05, 0.1) is 30.9 Å². The summed E-state index contributed by atoms with van der Waals surface area (Å²) in [5.41, 5.74) is 7.30. The number of methoxy groups -OCH3 is 1. The van der Waals surface area contributed by atoms with Crippen molar-refractivity contribution in [2.75, 3.05) is 13.7 Å². The van der Waals surface area contributed by atoms with E-state index in [0.717, 1.165) is 17.4 Å². The van der Waals surface area contributed by atoms with Crippen LogP contribution in [0.25, 0.3) is 5.69 Å². The first-order valence-electron chi connectivity index (χ1n) is 12.6. The number of aryl methyl sites for hydroxylation is 1. The summed E-state index contributed by atoms with van der Waals surface area (Å²) in [7, 11) is 1.07. The zero-order valence-electron chi connectivity index (χ0n) is 22.5. The van der Waals surface area contributed by atoms with Gasteiger partial charge in [-0.3, -0.25) is 19.3 Å². The number of Topliss-reactive ketones (excluding diaryl/α,β-unsaturated/α-hetero) is 1. The highest BCUT2D eigenvalue weighted by Gasteiger charge is 2.46. The van der Waals surface area contributed by atoms with Crippen LogP contribution < -0.4 is 11.5 Å². The van der Waals surface area contributed by atoms with Gasteiger partial charge in [0.25, 0.3) is 17.7 Å². The Balaban J connectivity index is 1.95. The standard InChI is InChI=1S/C26H35N5O7/c1-14(2)19(27)24(34)30(25(35)37-6)23(33)18-11-8-12-29(18)20(15(3)4)21(32)22-28-31(26(36)38-22)17-10-7-9-16(5)13-17/h7,9-10,13-15,18-20H,8,11-12,27H2,1-6H3/t18-,19-,20-/m0/s1. The number of imide groups is 3. The van der Waals surface area contributed by atoms with Crippen molar-refractivity contribution in [1.82, 2.24) is 19.6 Å². The van der Waals surface area contributed by atoms with Crippen LogP contribution in [0.4, 0.5) is 4.79 Å². The molecule has 12 nitrogen and oxygen atoms in total. The summed E-state index contributed by atoms with van der Waals surface area (Å²) in [6.45, 7) is 9.17. The molecule has 0 spiro atoms. The van der Waals surface area contributed by atoms with Crippen LogP contribution in [-0.4, -0.2) is 75.1 Å². The number of hydrogen-bond acceptors (Lipinski definition) is 10. The second-order valence-corrected chi connectivity index (χ2v) is 10.1. The van der Waals surface area contributed by atoms with E-state index in [0.29, 0.717) is 30.0 Å². The molecule has 1 aromatic heterocycles. The quantitative estimate of drug-likeness (QED) is 0.501. The molecule has 0 radical (unpaired) electrons. The van der Waals surface area contributed by atoms with Gasteiger partial charge in [0.1, 0.15) is 0 Å². The molecule has 38 heavy (non-hydrogen) atoms. The highest BCUT2D eigenvalue weighted by atomic mass is 16.5. The Morgan fingerprint density at radius 2 is 1.84 bits per heavy atom. The van der Waals surface area contributed by atoms with E-state index >= 15 is 0 Å². The van der Waals surface area contributed by atoms with E-state index in [1.54, 1.807) is 50.8 Å². The van der Waals surface area contributed by atoms with Crippen molar-refractivity contribution < 1.29 is 28.3 Å². The third-order valence-corrected chi connectivity index (χ3v) is 6.64. The third kappa shape index (κ3) is 5.76. The monoisotopic (exact) mass is 529 g/mol. The maximum Gasteiger partial charge on any atom is 0.442 e. The first kappa shape index (κ1) is 28.9. The number of likely N-dealkylation sites (tertiary alicyclic amines) is 1. The molecule has 3 amide bonds. The van der Waals surface area contributed by atoms with E-state index in [1.165, 1.54) is 0 Å². The Morgan fingerprint density at radius 3 is 2.42 bits per heavy atom. The minimum atomic E-state index is -1.14. The van der Waals surface area contributed by atoms with Crippen molar-refractivity contribution in [2.24, 2.45) is 17.6 Å². The molecule has 2 aromatic rings. The summed E-state index contributed by atoms with van der Waals surface area (Å²) in [6.07, 6.45) is -0.304. The number of ether oxygens (including phenoxy) is 1. The van der Waals surface area contributed by atoms with E-state index < -0.39 is 53.5 Å². The zero-order valence-corrected chi connectivity index (χ0v) is 22.5. The number of carbonyl (C=O) groups excluding carboxylic acids is 4. The van der Waals surface area contributed by atoms with Crippen LogP contribution in [0.1, 0.15) is 56.8 Å². The number of nitrogens with zero attached hydrogens (tertiary/aromatic N) is 4. The van der Waals surface area contributed by atoms with Crippen LogP contribution in [0.3, 0.4) is 0 Å². The Morgan fingerprint density at radius 1 is 1.16 bits per heavy atom. The summed E-state index contributed by atoms with van der Waals surface area (Å²) in [5.74, 6) is -4.15. The predicted molar refractivity (Wildman–Crippen MR) is 137 cm³/mol. The number of benzene rings is 1. The molecule has 12 heteroatoms. The molecule has 0 aliphatic carbocycles. The lowest BCUT2D eigenvalue weighted by Gasteiger charge is -2.34. The second kappa shape index (κ2) is 11.8. The molecule has 1 aromatic carbocycles. The van der Waals surface area contributed by atoms with Gasteiger partial charge in [0.2, 0.25) is 5.78 Å². The average Bonchev–Trinajstić information content (AvgIpc) is 3.50. The van der Waals surface area contributed by atoms with Gasteiger partial charge in [-0.15, -0.1) is 5.10 Å². The van der Waals surface area contributed by atoms with Crippen molar-refractivity contribution >= 4 is 23.7 Å². The van der Waals surface area contributed by atoms with Crippen LogP contribution in [0.15, 0.2) is 33.5 Å². The summed E-state index contributed by atoms with van der Waals surface area (Å²) < 4.78 is 11.0. The van der Waals surface area contributed by atoms with Crippen LogP contribution >= 0.6 is 0 Å². The fraction of sp³-hybridized carbons (Fsp3) is 0.538. The Labute approximate surface area is 220 Å². The van der Waals surface area contributed by atoms with Gasteiger partial charge in [-0.1, -0.05) is 39.8 Å². The SMILES string of the molecule is COC(=O)N(C(=O)[C@@H](N)C(C)C)C(=O)[C@@H]1CCCN1[C@H](C(=O)c1nn(-c2cccc(C)c2)c(=O)o1)C(C)C. The van der Waals surface area contributed by atoms with Gasteiger partial charge in [-0.2, -0.15) is 9.58 Å². The number of carbonyl (C=O) groups is 4. The molecule has 2 N–H and O–H groups in total. The average molecular weight is 530 g/mol. The van der Waals surface area contributed by atoms with Crippen LogP contribution in [-0.2, 0) is 14.3 Å². The zero-order chi connectivity index (χ0) is 28.3. The van der Waals surface area contributed by atoms with Gasteiger partial charge in [-0.05, 0) is 55.8 Å². The molecule has 0 saturated carbocycles. The number of rotatable bonds is 8. The molecule has 0 unspecified atom stereocenters. The number of hydrogen-bond donors (Lipinski definition) is 1. The van der Waals surface area contributed by atoms with Gasteiger partial charge >= 0.3 is 11.8 Å². The molecule has 0 bridgehead atoms. The number of aromatic nitrogens is 2. The van der Waals surface area contributed by atoms with Crippen molar-refractivity contribution in [2.45, 2.75) is 65.6 Å². The summed E-state index contributed by atoms with van der Waals surface area (Å²) in [4.78, 5) is 67.3. The van der Waals surface area contributed by atoms with Crippen LogP contribution in [0.2, 0.25) is 0 Å². The molecular weight excluding hydrogens is 494 g/mol. The smallest absolute Gasteiger partial charge is 0.442 e. The van der Waals surface area contributed by atoms with Crippen molar-refractivity contribution in [3.63, 3.8) is 0 Å². The van der Waals surface area contributed by atoms with Crippen molar-refractivity contribution in [1.29, 1.82) is 0 Å².